The lowest BCUT2D eigenvalue weighted by Gasteiger charge is -2.14. The van der Waals surface area contributed by atoms with Crippen molar-refractivity contribution in [2.24, 2.45) is 0 Å². The summed E-state index contributed by atoms with van der Waals surface area (Å²) in [6.07, 6.45) is 3.64. The van der Waals surface area contributed by atoms with Crippen LogP contribution in [0.25, 0.3) is 0 Å². The minimum Gasteiger partial charge on any atom is -0.491 e. The fourth-order valence-electron chi connectivity index (χ4n) is 1.90. The van der Waals surface area contributed by atoms with Gasteiger partial charge in [0.1, 0.15) is 30.1 Å². The van der Waals surface area contributed by atoms with E-state index in [0.29, 0.717) is 16.8 Å². The van der Waals surface area contributed by atoms with Gasteiger partial charge in [-0.25, -0.2) is 9.37 Å². The van der Waals surface area contributed by atoms with E-state index in [9.17, 15) is 9.50 Å². The van der Waals surface area contributed by atoms with Crippen molar-refractivity contribution in [3.63, 3.8) is 0 Å². The molecule has 0 amide bonds. The van der Waals surface area contributed by atoms with Crippen LogP contribution in [0.15, 0.2) is 35.1 Å². The van der Waals surface area contributed by atoms with Crippen LogP contribution in [0, 0.1) is 5.82 Å². The summed E-state index contributed by atoms with van der Waals surface area (Å²) in [6.45, 7) is 2.50. The summed E-state index contributed by atoms with van der Waals surface area (Å²) in [5.41, 5.74) is 0. The molecule has 0 fully saturated rings. The fourth-order valence-corrected chi connectivity index (χ4v) is 2.35. The van der Waals surface area contributed by atoms with E-state index < -0.39 is 6.10 Å². The summed E-state index contributed by atoms with van der Waals surface area (Å²) in [6, 6.07) is 4.29. The Kier molecular flexibility index (Phi) is 5.14. The maximum absolute atomic E-state index is 13.2. The zero-order chi connectivity index (χ0) is 14.5. The lowest BCUT2D eigenvalue weighted by molar-refractivity contribution is 0.0916. The second-order valence-corrected chi connectivity index (χ2v) is 5.34. The van der Waals surface area contributed by atoms with Crippen molar-refractivity contribution >= 4 is 15.9 Å². The van der Waals surface area contributed by atoms with Gasteiger partial charge in [-0.15, -0.1) is 0 Å². The molecule has 0 unspecified atom stereocenters. The zero-order valence-corrected chi connectivity index (χ0v) is 12.7. The van der Waals surface area contributed by atoms with E-state index >= 15 is 0 Å². The second kappa shape index (κ2) is 6.85. The first-order valence-corrected chi connectivity index (χ1v) is 7.14. The largest absolute Gasteiger partial charge is 0.491 e. The number of aryl methyl sites for hydroxylation is 1. The van der Waals surface area contributed by atoms with E-state index in [1.165, 1.54) is 12.1 Å². The summed E-state index contributed by atoms with van der Waals surface area (Å²) in [5.74, 6) is 0.918. The number of hydrogen-bond acceptors (Lipinski definition) is 3. The lowest BCUT2D eigenvalue weighted by atomic mass is 10.3. The number of aromatic nitrogens is 2. The van der Waals surface area contributed by atoms with Crippen molar-refractivity contribution in [1.29, 1.82) is 0 Å². The number of hydrogen-bond donors (Lipinski definition) is 1. The standard InChI is InChI=1S/C14H16BrFN2O2/c1-2-14-17-3-4-18(14)8-12(19)9-20-13-6-10(15)5-11(16)7-13/h3-7,12,19H,2,8-9H2,1H3/t12-/m1/s1. The van der Waals surface area contributed by atoms with Gasteiger partial charge in [-0.2, -0.15) is 0 Å². The molecule has 0 saturated heterocycles. The van der Waals surface area contributed by atoms with Gasteiger partial charge in [0.05, 0.1) is 6.54 Å². The first-order valence-electron chi connectivity index (χ1n) is 6.35. The normalized spacial score (nSPS) is 12.4. The number of ether oxygens (including phenoxy) is 1. The molecule has 1 heterocycles. The predicted molar refractivity (Wildman–Crippen MR) is 77.2 cm³/mol. The maximum Gasteiger partial charge on any atom is 0.128 e. The highest BCUT2D eigenvalue weighted by molar-refractivity contribution is 9.10. The van der Waals surface area contributed by atoms with E-state index in [1.807, 2.05) is 17.7 Å². The molecule has 0 aliphatic rings. The number of imidazole rings is 1. The van der Waals surface area contributed by atoms with Crippen molar-refractivity contribution in [2.75, 3.05) is 6.61 Å². The van der Waals surface area contributed by atoms with Gasteiger partial charge >= 0.3 is 0 Å². The fraction of sp³-hybridized carbons (Fsp3) is 0.357. The second-order valence-electron chi connectivity index (χ2n) is 4.42. The summed E-state index contributed by atoms with van der Waals surface area (Å²) in [5, 5.41) is 9.96. The Labute approximate surface area is 125 Å². The SMILES string of the molecule is CCc1nccn1C[C@@H](O)COc1cc(F)cc(Br)c1. The van der Waals surface area contributed by atoms with Crippen molar-refractivity contribution < 1.29 is 14.2 Å². The van der Waals surface area contributed by atoms with Crippen molar-refractivity contribution in [3.8, 4) is 5.75 Å². The predicted octanol–water partition coefficient (Wildman–Crippen LogP) is 2.79. The quantitative estimate of drug-likeness (QED) is 0.877. The van der Waals surface area contributed by atoms with E-state index in [1.54, 1.807) is 12.3 Å². The van der Waals surface area contributed by atoms with Crippen LogP contribution in [-0.2, 0) is 13.0 Å². The van der Waals surface area contributed by atoms with Gasteiger partial charge in [-0.3, -0.25) is 0 Å². The summed E-state index contributed by atoms with van der Waals surface area (Å²) in [7, 11) is 0. The molecule has 0 radical (unpaired) electrons. The summed E-state index contributed by atoms with van der Waals surface area (Å²) < 4.78 is 21.1. The topological polar surface area (TPSA) is 47.3 Å². The molecule has 20 heavy (non-hydrogen) atoms. The molecule has 108 valence electrons. The molecule has 2 rings (SSSR count). The van der Waals surface area contributed by atoms with Crippen LogP contribution >= 0.6 is 15.9 Å². The van der Waals surface area contributed by atoms with Crippen LogP contribution in [0.2, 0.25) is 0 Å². The van der Waals surface area contributed by atoms with Gasteiger partial charge < -0.3 is 14.4 Å². The molecular weight excluding hydrogens is 327 g/mol. The highest BCUT2D eigenvalue weighted by Gasteiger charge is 2.09. The Morgan fingerprint density at radius 2 is 2.25 bits per heavy atom. The first kappa shape index (κ1) is 15.0. The minimum absolute atomic E-state index is 0.0945. The number of benzene rings is 1. The molecule has 0 saturated carbocycles. The van der Waals surface area contributed by atoms with Crippen LogP contribution in [0.1, 0.15) is 12.7 Å². The molecule has 0 spiro atoms. The van der Waals surface area contributed by atoms with Crippen LogP contribution < -0.4 is 4.74 Å². The van der Waals surface area contributed by atoms with Gasteiger partial charge in [0.15, 0.2) is 0 Å². The van der Waals surface area contributed by atoms with Crippen molar-refractivity contribution in [2.45, 2.75) is 26.0 Å². The molecule has 0 aliphatic heterocycles. The van der Waals surface area contributed by atoms with Crippen LogP contribution in [0.4, 0.5) is 4.39 Å². The van der Waals surface area contributed by atoms with Gasteiger partial charge in [0.2, 0.25) is 0 Å². The van der Waals surface area contributed by atoms with Crippen LogP contribution in [0.3, 0.4) is 0 Å². The van der Waals surface area contributed by atoms with Crippen molar-refractivity contribution in [1.82, 2.24) is 9.55 Å². The highest BCUT2D eigenvalue weighted by atomic mass is 79.9. The molecule has 1 aromatic carbocycles. The molecule has 1 atom stereocenters. The van der Waals surface area contributed by atoms with Gasteiger partial charge in [0, 0.05) is 29.4 Å². The van der Waals surface area contributed by atoms with E-state index in [0.717, 1.165) is 12.2 Å². The van der Waals surface area contributed by atoms with Crippen LogP contribution in [-0.4, -0.2) is 27.4 Å². The van der Waals surface area contributed by atoms with Crippen molar-refractivity contribution in [3.05, 3.63) is 46.7 Å². The smallest absolute Gasteiger partial charge is 0.128 e. The Hall–Kier alpha value is -1.40. The molecule has 1 N–H and O–H groups in total. The summed E-state index contributed by atoms with van der Waals surface area (Å²) in [4.78, 5) is 4.18. The summed E-state index contributed by atoms with van der Waals surface area (Å²) >= 11 is 3.19. The number of nitrogens with zero attached hydrogens (tertiary/aromatic N) is 2. The average Bonchev–Trinajstić information content (AvgIpc) is 2.82. The molecule has 2 aromatic rings. The van der Waals surface area contributed by atoms with Gasteiger partial charge in [0.25, 0.3) is 0 Å². The minimum atomic E-state index is -0.684. The van der Waals surface area contributed by atoms with Crippen LogP contribution in [0.5, 0.6) is 5.75 Å². The number of aliphatic hydroxyl groups is 1. The monoisotopic (exact) mass is 342 g/mol. The Balaban J connectivity index is 1.90. The number of halogens is 2. The zero-order valence-electron chi connectivity index (χ0n) is 11.1. The van der Waals surface area contributed by atoms with E-state index in [2.05, 4.69) is 20.9 Å². The molecular formula is C14H16BrFN2O2. The number of aliphatic hydroxyl groups excluding tert-OH is 1. The molecule has 1 aromatic heterocycles. The molecule has 0 aliphatic carbocycles. The molecule has 6 heteroatoms. The Morgan fingerprint density at radius 1 is 1.45 bits per heavy atom. The lowest BCUT2D eigenvalue weighted by Crippen LogP contribution is -2.24. The third kappa shape index (κ3) is 4.05. The van der Waals surface area contributed by atoms with E-state index in [-0.39, 0.29) is 12.4 Å². The third-order valence-electron chi connectivity index (χ3n) is 2.80. The molecule has 0 bridgehead atoms. The Bertz CT molecular complexity index is 554. The van der Waals surface area contributed by atoms with Gasteiger partial charge in [-0.1, -0.05) is 22.9 Å². The average molecular weight is 343 g/mol. The number of rotatable bonds is 6. The first-order chi connectivity index (χ1) is 9.58. The Morgan fingerprint density at radius 3 is 2.95 bits per heavy atom. The maximum atomic E-state index is 13.2. The molecule has 4 nitrogen and oxygen atoms in total. The third-order valence-corrected chi connectivity index (χ3v) is 3.26. The van der Waals surface area contributed by atoms with E-state index in [4.69, 9.17) is 4.74 Å². The highest BCUT2D eigenvalue weighted by Crippen LogP contribution is 2.20. The van der Waals surface area contributed by atoms with Gasteiger partial charge in [-0.05, 0) is 12.1 Å².